The minimum Gasteiger partial charge on any atom is -0.368 e. The molecule has 1 atom stereocenters. The van der Waals surface area contributed by atoms with Gasteiger partial charge in [0.15, 0.2) is 0 Å². The van der Waals surface area contributed by atoms with Crippen LogP contribution in [0.1, 0.15) is 51.9 Å². The average molecular weight is 274 g/mol. The maximum Gasteiger partial charge on any atom is 0.249 e. The fraction of sp³-hybridized carbons (Fsp3) is 0.929. The van der Waals surface area contributed by atoms with Crippen LogP contribution in [0.25, 0.3) is 0 Å². The Morgan fingerprint density at radius 3 is 2.61 bits per heavy atom. The summed E-state index contributed by atoms with van der Waals surface area (Å²) in [6, 6.07) is 0. The van der Waals surface area contributed by atoms with Gasteiger partial charge in [-0.25, -0.2) is 0 Å². The molecule has 1 saturated carbocycles. The van der Waals surface area contributed by atoms with E-state index in [0.717, 1.165) is 50.9 Å². The van der Waals surface area contributed by atoms with Crippen LogP contribution in [0.5, 0.6) is 0 Å². The molecule has 0 aromatic rings. The quantitative estimate of drug-likeness (QED) is 0.803. The molecular weight excluding hydrogens is 250 g/mol. The summed E-state index contributed by atoms with van der Waals surface area (Å²) in [7, 11) is 0. The summed E-state index contributed by atoms with van der Waals surface area (Å²) in [5.74, 6) is 1.31. The second-order valence-electron chi connectivity index (χ2n) is 5.94. The molecule has 3 nitrogen and oxygen atoms in total. The van der Waals surface area contributed by atoms with Crippen LogP contribution >= 0.6 is 11.6 Å². The maximum absolute atomic E-state index is 12.2. The summed E-state index contributed by atoms with van der Waals surface area (Å²) in [4.78, 5) is 12.2. The molecule has 1 aliphatic heterocycles. The summed E-state index contributed by atoms with van der Waals surface area (Å²) in [6.45, 7) is 2.98. The third-order valence-corrected chi connectivity index (χ3v) is 4.86. The zero-order valence-electron chi connectivity index (χ0n) is 11.2. The molecule has 1 N–H and O–H groups in total. The van der Waals surface area contributed by atoms with Gasteiger partial charge in [-0.2, -0.15) is 0 Å². The normalized spacial score (nSPS) is 37.2. The van der Waals surface area contributed by atoms with Crippen LogP contribution < -0.4 is 5.32 Å². The van der Waals surface area contributed by atoms with Gasteiger partial charge in [0.2, 0.25) is 5.91 Å². The number of rotatable bonds is 3. The minimum atomic E-state index is -0.252. The van der Waals surface area contributed by atoms with Gasteiger partial charge in [-0.05, 0) is 50.9 Å². The minimum absolute atomic E-state index is 0.0462. The largest absolute Gasteiger partial charge is 0.368 e. The van der Waals surface area contributed by atoms with Gasteiger partial charge in [0.1, 0.15) is 6.10 Å². The zero-order chi connectivity index (χ0) is 13.0. The van der Waals surface area contributed by atoms with Crippen molar-refractivity contribution in [2.24, 2.45) is 5.92 Å². The molecule has 0 aromatic carbocycles. The first-order valence-electron chi connectivity index (χ1n) is 7.15. The molecule has 1 aliphatic carbocycles. The van der Waals surface area contributed by atoms with Crippen LogP contribution in [0, 0.1) is 5.92 Å². The molecule has 18 heavy (non-hydrogen) atoms. The lowest BCUT2D eigenvalue weighted by molar-refractivity contribution is -0.137. The van der Waals surface area contributed by atoms with Crippen molar-refractivity contribution in [1.82, 2.24) is 5.32 Å². The van der Waals surface area contributed by atoms with Gasteiger partial charge in [-0.1, -0.05) is 6.92 Å². The number of amides is 1. The predicted molar refractivity (Wildman–Crippen MR) is 72.8 cm³/mol. The molecule has 1 unspecified atom stereocenters. The highest BCUT2D eigenvalue weighted by Gasteiger charge is 2.36. The van der Waals surface area contributed by atoms with E-state index in [0.29, 0.717) is 12.5 Å². The van der Waals surface area contributed by atoms with Crippen LogP contribution in [0.3, 0.4) is 0 Å². The summed E-state index contributed by atoms with van der Waals surface area (Å²) < 4.78 is 5.54. The SMILES string of the molecule is CC1CCC(CCl)(NC(=O)C2CCCCO2)CC1. The summed E-state index contributed by atoms with van der Waals surface area (Å²) in [5.41, 5.74) is -0.189. The number of hydrogen-bond acceptors (Lipinski definition) is 2. The molecule has 4 heteroatoms. The Kier molecular flexibility index (Phi) is 4.91. The first kappa shape index (κ1) is 14.1. The smallest absolute Gasteiger partial charge is 0.249 e. The molecule has 1 saturated heterocycles. The van der Waals surface area contributed by atoms with Crippen LogP contribution in [-0.4, -0.2) is 30.0 Å². The Labute approximate surface area is 115 Å². The second kappa shape index (κ2) is 6.25. The highest BCUT2D eigenvalue weighted by atomic mass is 35.5. The van der Waals surface area contributed by atoms with Crippen molar-refractivity contribution in [3.8, 4) is 0 Å². The number of carbonyl (C=O) groups excluding carboxylic acids is 1. The van der Waals surface area contributed by atoms with E-state index in [1.807, 2.05) is 0 Å². The van der Waals surface area contributed by atoms with E-state index in [4.69, 9.17) is 16.3 Å². The Morgan fingerprint density at radius 1 is 1.33 bits per heavy atom. The Hall–Kier alpha value is -0.280. The van der Waals surface area contributed by atoms with Crippen LogP contribution in [-0.2, 0) is 9.53 Å². The first-order chi connectivity index (χ1) is 8.65. The van der Waals surface area contributed by atoms with E-state index >= 15 is 0 Å². The fourth-order valence-corrected chi connectivity index (χ4v) is 3.23. The zero-order valence-corrected chi connectivity index (χ0v) is 12.0. The maximum atomic E-state index is 12.2. The molecule has 2 aliphatic rings. The predicted octanol–water partition coefficient (Wildman–Crippen LogP) is 2.86. The lowest BCUT2D eigenvalue weighted by Crippen LogP contribution is -2.55. The van der Waals surface area contributed by atoms with Crippen molar-refractivity contribution in [3.05, 3.63) is 0 Å². The van der Waals surface area contributed by atoms with Crippen molar-refractivity contribution >= 4 is 17.5 Å². The molecule has 0 spiro atoms. The number of hydrogen-bond donors (Lipinski definition) is 1. The van der Waals surface area contributed by atoms with Gasteiger partial charge in [0.25, 0.3) is 0 Å². The van der Waals surface area contributed by atoms with Crippen molar-refractivity contribution < 1.29 is 9.53 Å². The Bertz CT molecular complexity index is 282. The van der Waals surface area contributed by atoms with Crippen molar-refractivity contribution in [2.45, 2.75) is 63.5 Å². The molecule has 0 aromatic heterocycles. The third kappa shape index (κ3) is 3.39. The summed E-state index contributed by atoms with van der Waals surface area (Å²) >= 11 is 6.11. The van der Waals surface area contributed by atoms with Gasteiger partial charge in [0, 0.05) is 12.5 Å². The summed E-state index contributed by atoms with van der Waals surface area (Å²) in [6.07, 6.45) is 7.05. The number of carbonyl (C=O) groups is 1. The van der Waals surface area contributed by atoms with Gasteiger partial charge in [0.05, 0.1) is 5.54 Å². The molecule has 2 rings (SSSR count). The van der Waals surface area contributed by atoms with Gasteiger partial charge in [-0.3, -0.25) is 4.79 Å². The lowest BCUT2D eigenvalue weighted by Gasteiger charge is -2.39. The molecule has 2 fully saturated rings. The summed E-state index contributed by atoms with van der Waals surface area (Å²) in [5, 5.41) is 3.18. The van der Waals surface area contributed by atoms with E-state index < -0.39 is 0 Å². The highest BCUT2D eigenvalue weighted by Crippen LogP contribution is 2.33. The van der Waals surface area contributed by atoms with Gasteiger partial charge >= 0.3 is 0 Å². The average Bonchev–Trinajstić information content (AvgIpc) is 2.43. The van der Waals surface area contributed by atoms with E-state index in [9.17, 15) is 4.79 Å². The molecule has 0 radical (unpaired) electrons. The lowest BCUT2D eigenvalue weighted by atomic mass is 9.78. The highest BCUT2D eigenvalue weighted by molar-refractivity contribution is 6.18. The van der Waals surface area contributed by atoms with Crippen molar-refractivity contribution in [1.29, 1.82) is 0 Å². The number of ether oxygens (including phenoxy) is 1. The molecule has 1 amide bonds. The van der Waals surface area contributed by atoms with Crippen LogP contribution in [0.4, 0.5) is 0 Å². The standard InChI is InChI=1S/C14H24ClNO2/c1-11-5-7-14(10-15,8-6-11)16-13(17)12-4-2-3-9-18-12/h11-12H,2-10H2,1H3,(H,16,17). The molecule has 1 heterocycles. The Balaban J connectivity index is 1.90. The monoisotopic (exact) mass is 273 g/mol. The van der Waals surface area contributed by atoms with E-state index in [1.54, 1.807) is 0 Å². The Morgan fingerprint density at radius 2 is 2.06 bits per heavy atom. The van der Waals surface area contributed by atoms with Gasteiger partial charge < -0.3 is 10.1 Å². The number of nitrogens with one attached hydrogen (secondary N) is 1. The molecular formula is C14H24ClNO2. The van der Waals surface area contributed by atoms with Crippen LogP contribution in [0.2, 0.25) is 0 Å². The number of alkyl halides is 1. The molecule has 0 bridgehead atoms. The van der Waals surface area contributed by atoms with Gasteiger partial charge in [-0.15, -0.1) is 11.6 Å². The third-order valence-electron chi connectivity index (χ3n) is 4.35. The molecule has 104 valence electrons. The van der Waals surface area contributed by atoms with Crippen LogP contribution in [0.15, 0.2) is 0 Å². The number of halogens is 1. The van der Waals surface area contributed by atoms with E-state index in [-0.39, 0.29) is 17.6 Å². The first-order valence-corrected chi connectivity index (χ1v) is 7.68. The fourth-order valence-electron chi connectivity index (χ4n) is 2.90. The second-order valence-corrected chi connectivity index (χ2v) is 6.21. The van der Waals surface area contributed by atoms with Crippen molar-refractivity contribution in [3.63, 3.8) is 0 Å². The van der Waals surface area contributed by atoms with Crippen molar-refractivity contribution in [2.75, 3.05) is 12.5 Å². The van der Waals surface area contributed by atoms with E-state index in [2.05, 4.69) is 12.2 Å². The van der Waals surface area contributed by atoms with E-state index in [1.165, 1.54) is 0 Å². The topological polar surface area (TPSA) is 38.3 Å².